The molecule has 0 bridgehead atoms. The molecule has 2 aromatic rings. The monoisotopic (exact) mass is 396 g/mol. The molecule has 27 heavy (non-hydrogen) atoms. The fourth-order valence-electron chi connectivity index (χ4n) is 2.25. The van der Waals surface area contributed by atoms with Crippen molar-refractivity contribution in [3.8, 4) is 5.75 Å². The van der Waals surface area contributed by atoms with E-state index in [9.17, 15) is 18.0 Å². The number of hydrogen-bond donors (Lipinski definition) is 3. The molecule has 0 aliphatic rings. The molecule has 9 nitrogen and oxygen atoms in total. The van der Waals surface area contributed by atoms with Gasteiger partial charge in [-0.3, -0.25) is 9.59 Å². The molecule has 4 N–H and O–H groups in total. The molecule has 146 valence electrons. The molecule has 0 radical (unpaired) electrons. The predicted octanol–water partition coefficient (Wildman–Crippen LogP) is 1.41. The smallest absolute Gasteiger partial charge is 0.303 e. The van der Waals surface area contributed by atoms with Gasteiger partial charge in [0.15, 0.2) is 5.76 Å². The third kappa shape index (κ3) is 6.12. The Labute approximate surface area is 156 Å². The van der Waals surface area contributed by atoms with Gasteiger partial charge in [-0.25, -0.2) is 13.6 Å². The SMILES string of the molecule is Cc1oc(C(=O)NCc2ccc(OCCCC(=O)O)cc2)cc1S(N)(=O)=O. The van der Waals surface area contributed by atoms with Crippen molar-refractivity contribution in [2.45, 2.75) is 31.2 Å². The first-order valence-electron chi connectivity index (χ1n) is 8.02. The number of hydrogen-bond acceptors (Lipinski definition) is 6. The minimum Gasteiger partial charge on any atom is -0.494 e. The van der Waals surface area contributed by atoms with E-state index < -0.39 is 21.9 Å². The predicted molar refractivity (Wildman–Crippen MR) is 94.8 cm³/mol. The van der Waals surface area contributed by atoms with Crippen molar-refractivity contribution in [3.05, 3.63) is 47.4 Å². The van der Waals surface area contributed by atoms with Crippen molar-refractivity contribution in [2.24, 2.45) is 5.14 Å². The summed E-state index contributed by atoms with van der Waals surface area (Å²) in [6, 6.07) is 8.00. The average molecular weight is 396 g/mol. The number of carboxylic acids is 1. The first-order valence-corrected chi connectivity index (χ1v) is 9.56. The number of aryl methyl sites for hydroxylation is 1. The lowest BCUT2D eigenvalue weighted by atomic mass is 10.2. The van der Waals surface area contributed by atoms with Crippen molar-refractivity contribution < 1.29 is 32.3 Å². The number of primary sulfonamides is 1. The van der Waals surface area contributed by atoms with Gasteiger partial charge < -0.3 is 19.6 Å². The molecule has 1 heterocycles. The summed E-state index contributed by atoms with van der Waals surface area (Å²) in [5.41, 5.74) is 0.788. The zero-order chi connectivity index (χ0) is 20.0. The average Bonchev–Trinajstić information content (AvgIpc) is 3.00. The van der Waals surface area contributed by atoms with E-state index in [1.54, 1.807) is 24.3 Å². The lowest BCUT2D eigenvalue weighted by molar-refractivity contribution is -0.137. The molecule has 1 amide bonds. The Hall–Kier alpha value is -2.85. The second-order valence-electron chi connectivity index (χ2n) is 5.75. The van der Waals surface area contributed by atoms with E-state index in [4.69, 9.17) is 19.4 Å². The molecule has 0 saturated carbocycles. The number of benzene rings is 1. The quantitative estimate of drug-likeness (QED) is 0.542. The molecule has 2 rings (SSSR count). The summed E-state index contributed by atoms with van der Waals surface area (Å²) in [5, 5.41) is 16.2. The van der Waals surface area contributed by atoms with Crippen LogP contribution in [0.4, 0.5) is 0 Å². The number of carboxylic acid groups (broad SMARTS) is 1. The standard InChI is InChI=1S/C17H20N2O7S/c1-11-15(27(18,23)24)9-14(26-11)17(22)19-10-12-4-6-13(7-5-12)25-8-2-3-16(20)21/h4-7,9H,2-3,8,10H2,1H3,(H,19,22)(H,20,21)(H2,18,23,24). The summed E-state index contributed by atoms with van der Waals surface area (Å²) in [4.78, 5) is 22.3. The van der Waals surface area contributed by atoms with Crippen LogP contribution < -0.4 is 15.2 Å². The van der Waals surface area contributed by atoms with Gasteiger partial charge in [0.1, 0.15) is 16.4 Å². The van der Waals surface area contributed by atoms with Crippen LogP contribution in [0.25, 0.3) is 0 Å². The van der Waals surface area contributed by atoms with E-state index in [0.717, 1.165) is 11.6 Å². The molecule has 0 fully saturated rings. The number of carbonyl (C=O) groups is 2. The second-order valence-corrected chi connectivity index (χ2v) is 7.28. The van der Waals surface area contributed by atoms with Gasteiger partial charge in [0.2, 0.25) is 10.0 Å². The zero-order valence-electron chi connectivity index (χ0n) is 14.6. The maximum atomic E-state index is 12.1. The van der Waals surface area contributed by atoms with Gasteiger partial charge in [-0.15, -0.1) is 0 Å². The molecule has 0 saturated heterocycles. The van der Waals surface area contributed by atoms with Crippen LogP contribution in [0, 0.1) is 6.92 Å². The third-order valence-corrected chi connectivity index (χ3v) is 4.60. The highest BCUT2D eigenvalue weighted by Crippen LogP contribution is 2.19. The van der Waals surface area contributed by atoms with E-state index in [1.165, 1.54) is 6.92 Å². The summed E-state index contributed by atoms with van der Waals surface area (Å²) in [7, 11) is -3.95. The normalized spacial score (nSPS) is 11.2. The number of aliphatic carboxylic acids is 1. The molecular formula is C17H20N2O7S. The highest BCUT2D eigenvalue weighted by molar-refractivity contribution is 7.89. The zero-order valence-corrected chi connectivity index (χ0v) is 15.4. The molecule has 0 aliphatic carbocycles. The summed E-state index contributed by atoms with van der Waals surface area (Å²) in [6.45, 7) is 1.90. The highest BCUT2D eigenvalue weighted by atomic mass is 32.2. The maximum absolute atomic E-state index is 12.1. The summed E-state index contributed by atoms with van der Waals surface area (Å²) >= 11 is 0. The van der Waals surface area contributed by atoms with E-state index >= 15 is 0 Å². The van der Waals surface area contributed by atoms with Crippen LogP contribution in [0.5, 0.6) is 5.75 Å². The van der Waals surface area contributed by atoms with E-state index in [1.807, 2.05) is 0 Å². The lowest BCUT2D eigenvalue weighted by Crippen LogP contribution is -2.22. The molecule has 0 aliphatic heterocycles. The number of amides is 1. The van der Waals surface area contributed by atoms with E-state index in [0.29, 0.717) is 18.8 Å². The number of carbonyl (C=O) groups excluding carboxylic acids is 1. The first-order chi connectivity index (χ1) is 12.7. The molecular weight excluding hydrogens is 376 g/mol. The maximum Gasteiger partial charge on any atom is 0.303 e. The molecule has 1 aromatic carbocycles. The molecule has 10 heteroatoms. The third-order valence-electron chi connectivity index (χ3n) is 3.58. The molecule has 0 unspecified atom stereocenters. The van der Waals surface area contributed by atoms with Crippen molar-refractivity contribution in [2.75, 3.05) is 6.61 Å². The fourth-order valence-corrected chi connectivity index (χ4v) is 2.96. The minimum absolute atomic E-state index is 0.0452. The van der Waals surface area contributed by atoms with Crippen LogP contribution >= 0.6 is 0 Å². The molecule has 0 spiro atoms. The Morgan fingerprint density at radius 2 is 1.93 bits per heavy atom. The van der Waals surface area contributed by atoms with Gasteiger partial charge in [-0.1, -0.05) is 12.1 Å². The Balaban J connectivity index is 1.87. The van der Waals surface area contributed by atoms with Gasteiger partial charge in [0, 0.05) is 19.0 Å². The summed E-state index contributed by atoms with van der Waals surface area (Å²) in [5.74, 6) is -0.938. The first kappa shape index (κ1) is 20.5. The summed E-state index contributed by atoms with van der Waals surface area (Å²) in [6.07, 6.45) is 0.458. The summed E-state index contributed by atoms with van der Waals surface area (Å²) < 4.78 is 33.3. The number of ether oxygens (including phenoxy) is 1. The lowest BCUT2D eigenvalue weighted by Gasteiger charge is -2.07. The van der Waals surface area contributed by atoms with Crippen LogP contribution in [-0.4, -0.2) is 32.0 Å². The van der Waals surface area contributed by atoms with Crippen molar-refractivity contribution in [1.29, 1.82) is 0 Å². The molecule has 1 aromatic heterocycles. The molecule has 0 atom stereocenters. The number of rotatable bonds is 9. The minimum atomic E-state index is -3.95. The van der Waals surface area contributed by atoms with Crippen LogP contribution in [0.2, 0.25) is 0 Å². The van der Waals surface area contributed by atoms with Gasteiger partial charge in [0.05, 0.1) is 6.61 Å². The van der Waals surface area contributed by atoms with Crippen molar-refractivity contribution in [3.63, 3.8) is 0 Å². The van der Waals surface area contributed by atoms with Gasteiger partial charge in [0.25, 0.3) is 5.91 Å². The Morgan fingerprint density at radius 3 is 2.48 bits per heavy atom. The number of sulfonamides is 1. The second kappa shape index (κ2) is 8.69. The van der Waals surface area contributed by atoms with Gasteiger partial charge >= 0.3 is 5.97 Å². The fraction of sp³-hybridized carbons (Fsp3) is 0.294. The van der Waals surface area contributed by atoms with Crippen LogP contribution in [0.15, 0.2) is 39.6 Å². The van der Waals surface area contributed by atoms with Crippen molar-refractivity contribution >= 4 is 21.9 Å². The van der Waals surface area contributed by atoms with Crippen LogP contribution in [0.3, 0.4) is 0 Å². The number of nitrogens with two attached hydrogens (primary N) is 1. The number of furan rings is 1. The van der Waals surface area contributed by atoms with Crippen LogP contribution in [-0.2, 0) is 21.4 Å². The van der Waals surface area contributed by atoms with Gasteiger partial charge in [-0.2, -0.15) is 0 Å². The Kier molecular flexibility index (Phi) is 6.59. The largest absolute Gasteiger partial charge is 0.494 e. The van der Waals surface area contributed by atoms with Gasteiger partial charge in [-0.05, 0) is 31.0 Å². The van der Waals surface area contributed by atoms with Crippen molar-refractivity contribution in [1.82, 2.24) is 5.32 Å². The highest BCUT2D eigenvalue weighted by Gasteiger charge is 2.20. The van der Waals surface area contributed by atoms with Crippen LogP contribution in [0.1, 0.15) is 34.7 Å². The van der Waals surface area contributed by atoms with E-state index in [2.05, 4.69) is 5.32 Å². The topological polar surface area (TPSA) is 149 Å². The Bertz CT molecular complexity index is 917. The number of nitrogens with one attached hydrogen (secondary N) is 1. The Morgan fingerprint density at radius 1 is 1.26 bits per heavy atom. The van der Waals surface area contributed by atoms with E-state index in [-0.39, 0.29) is 29.4 Å².